The molecule has 18 heavy (non-hydrogen) atoms. The van der Waals surface area contributed by atoms with E-state index in [-0.39, 0.29) is 5.75 Å². The first-order valence-corrected chi connectivity index (χ1v) is 4.70. The average Bonchev–Trinajstić information content (AvgIpc) is 2.28. The van der Waals surface area contributed by atoms with E-state index in [1.54, 1.807) is 0 Å². The van der Waals surface area contributed by atoms with E-state index in [0.29, 0.717) is 0 Å². The van der Waals surface area contributed by atoms with Gasteiger partial charge in [-0.15, -0.1) is 0 Å². The van der Waals surface area contributed by atoms with Gasteiger partial charge in [-0.25, -0.2) is 9.59 Å². The summed E-state index contributed by atoms with van der Waals surface area (Å²) in [6.45, 7) is 1.15. The van der Waals surface area contributed by atoms with Crippen LogP contribution in [-0.2, 0) is 14.3 Å². The molecule has 0 fully saturated rings. The molecule has 0 bridgehead atoms. The molecule has 0 aliphatic carbocycles. The number of ether oxygens (including phenoxy) is 2. The summed E-state index contributed by atoms with van der Waals surface area (Å²) in [4.78, 5) is 25.2. The lowest BCUT2D eigenvalue weighted by Crippen LogP contribution is -2.34. The van der Waals surface area contributed by atoms with Crippen LogP contribution in [-0.4, -0.2) is 29.2 Å². The second kappa shape index (κ2) is 5.48. The largest absolute Gasteiger partial charge is 0.491 e. The van der Waals surface area contributed by atoms with Crippen molar-refractivity contribution in [3.8, 4) is 5.75 Å². The lowest BCUT2D eigenvalue weighted by atomic mass is 10.4. The first-order valence-electron chi connectivity index (χ1n) is 4.70. The number of nitrogens with zero attached hydrogens (tertiary/aromatic N) is 1. The number of carbonyl (C=O) groups is 2. The Balaban J connectivity index is 2.55. The van der Waals surface area contributed by atoms with Crippen LogP contribution in [0, 0.1) is 0 Å². The number of carbonyl (C=O) groups excluding carboxylic acids is 2. The second-order valence-electron chi connectivity index (χ2n) is 3.16. The van der Waals surface area contributed by atoms with Crippen molar-refractivity contribution in [2.24, 2.45) is 0 Å². The number of hydrogen-bond donors (Lipinski definition) is 0. The van der Waals surface area contributed by atoms with Crippen LogP contribution in [0.2, 0.25) is 0 Å². The zero-order valence-corrected chi connectivity index (χ0v) is 9.10. The number of aromatic nitrogens is 1. The third-order valence-electron chi connectivity index (χ3n) is 1.70. The Morgan fingerprint density at radius 3 is 2.56 bits per heavy atom. The third kappa shape index (κ3) is 4.04. The molecule has 8 heteroatoms. The Morgan fingerprint density at radius 2 is 2.06 bits per heavy atom. The van der Waals surface area contributed by atoms with Gasteiger partial charge in [-0.05, 0) is 19.1 Å². The van der Waals surface area contributed by atoms with Crippen molar-refractivity contribution in [3.05, 3.63) is 24.5 Å². The van der Waals surface area contributed by atoms with Gasteiger partial charge in [-0.2, -0.15) is 13.2 Å². The number of hydrogen-bond acceptors (Lipinski definition) is 5. The van der Waals surface area contributed by atoms with Crippen molar-refractivity contribution in [2.75, 3.05) is 0 Å². The van der Waals surface area contributed by atoms with Gasteiger partial charge in [0.05, 0.1) is 6.20 Å². The van der Waals surface area contributed by atoms with Crippen LogP contribution < -0.4 is 4.74 Å². The van der Waals surface area contributed by atoms with E-state index in [9.17, 15) is 22.8 Å². The van der Waals surface area contributed by atoms with Crippen LogP contribution >= 0.6 is 0 Å². The van der Waals surface area contributed by atoms with Crippen molar-refractivity contribution in [1.29, 1.82) is 0 Å². The van der Waals surface area contributed by atoms with Gasteiger partial charge in [-0.1, -0.05) is 0 Å². The number of pyridine rings is 1. The molecule has 0 radical (unpaired) electrons. The van der Waals surface area contributed by atoms with Crippen LogP contribution in [0.5, 0.6) is 5.75 Å². The summed E-state index contributed by atoms with van der Waals surface area (Å²) in [5.41, 5.74) is 0. The highest BCUT2D eigenvalue weighted by Gasteiger charge is 2.43. The smallest absolute Gasteiger partial charge is 0.477 e. The molecular formula is C10H8F3NO4. The summed E-state index contributed by atoms with van der Waals surface area (Å²) < 4.78 is 44.0. The molecule has 1 aromatic rings. The van der Waals surface area contributed by atoms with E-state index in [1.807, 2.05) is 0 Å². The van der Waals surface area contributed by atoms with Crippen LogP contribution in [0.4, 0.5) is 13.2 Å². The lowest BCUT2D eigenvalue weighted by Gasteiger charge is -2.13. The van der Waals surface area contributed by atoms with Gasteiger partial charge in [-0.3, -0.25) is 4.98 Å². The van der Waals surface area contributed by atoms with Gasteiger partial charge < -0.3 is 9.47 Å². The van der Waals surface area contributed by atoms with E-state index < -0.39 is 24.2 Å². The first-order chi connectivity index (χ1) is 8.30. The third-order valence-corrected chi connectivity index (χ3v) is 1.70. The quantitative estimate of drug-likeness (QED) is 0.610. The van der Waals surface area contributed by atoms with Crippen molar-refractivity contribution in [3.63, 3.8) is 0 Å². The minimum Gasteiger partial charge on any atom is -0.477 e. The number of rotatable bonds is 3. The van der Waals surface area contributed by atoms with Gasteiger partial charge in [0.15, 0.2) is 6.10 Å². The molecular weight excluding hydrogens is 255 g/mol. The van der Waals surface area contributed by atoms with Gasteiger partial charge in [0.25, 0.3) is 0 Å². The second-order valence-corrected chi connectivity index (χ2v) is 3.16. The monoisotopic (exact) mass is 263 g/mol. The molecule has 0 spiro atoms. The highest BCUT2D eigenvalue weighted by molar-refractivity contribution is 5.90. The van der Waals surface area contributed by atoms with Gasteiger partial charge >= 0.3 is 18.1 Å². The fourth-order valence-corrected chi connectivity index (χ4v) is 0.901. The molecule has 0 aromatic carbocycles. The number of esters is 2. The zero-order valence-electron chi connectivity index (χ0n) is 9.10. The fourth-order valence-electron chi connectivity index (χ4n) is 0.901. The number of halogens is 3. The van der Waals surface area contributed by atoms with Crippen molar-refractivity contribution < 1.29 is 32.2 Å². The Labute approximate surface area is 99.5 Å². The predicted octanol–water partition coefficient (Wildman–Crippen LogP) is 1.48. The maximum atomic E-state index is 11.8. The van der Waals surface area contributed by atoms with Crippen LogP contribution in [0.3, 0.4) is 0 Å². The summed E-state index contributed by atoms with van der Waals surface area (Å²) in [6.07, 6.45) is -3.87. The summed E-state index contributed by atoms with van der Waals surface area (Å²) in [6, 6.07) is 2.95. The van der Waals surface area contributed by atoms with E-state index in [1.165, 1.54) is 24.5 Å². The molecule has 1 atom stereocenters. The highest BCUT2D eigenvalue weighted by Crippen LogP contribution is 2.17. The molecule has 0 aliphatic rings. The molecule has 1 rings (SSSR count). The SMILES string of the molecule is CC(Oc1cccnc1)C(=O)OC(=O)C(F)(F)F. The predicted molar refractivity (Wildman–Crippen MR) is 51.5 cm³/mol. The molecule has 0 N–H and O–H groups in total. The van der Waals surface area contributed by atoms with Crippen molar-refractivity contribution in [1.82, 2.24) is 4.98 Å². The van der Waals surface area contributed by atoms with Crippen LogP contribution in [0.15, 0.2) is 24.5 Å². The topological polar surface area (TPSA) is 65.5 Å². The molecule has 5 nitrogen and oxygen atoms in total. The normalized spacial score (nSPS) is 12.7. The fraction of sp³-hybridized carbons (Fsp3) is 0.300. The Bertz CT molecular complexity index is 432. The molecule has 98 valence electrons. The highest BCUT2D eigenvalue weighted by atomic mass is 19.4. The summed E-state index contributed by atoms with van der Waals surface area (Å²) in [5, 5.41) is 0. The molecule has 1 aromatic heterocycles. The van der Waals surface area contributed by atoms with Crippen LogP contribution in [0.1, 0.15) is 6.92 Å². The zero-order chi connectivity index (χ0) is 13.8. The standard InChI is InChI=1S/C10H8F3NO4/c1-6(17-7-3-2-4-14-5-7)8(15)18-9(16)10(11,12)13/h2-6H,1H3. The Hall–Kier alpha value is -2.12. The van der Waals surface area contributed by atoms with Crippen molar-refractivity contribution in [2.45, 2.75) is 19.2 Å². The molecule has 0 amide bonds. The first kappa shape index (κ1) is 13.9. The molecule has 0 aliphatic heterocycles. The average molecular weight is 263 g/mol. The molecule has 1 unspecified atom stereocenters. The van der Waals surface area contributed by atoms with Crippen LogP contribution in [0.25, 0.3) is 0 Å². The number of alkyl halides is 3. The maximum Gasteiger partial charge on any atom is 0.491 e. The minimum absolute atomic E-state index is 0.168. The molecule has 1 heterocycles. The molecule has 0 saturated heterocycles. The summed E-state index contributed by atoms with van der Waals surface area (Å²) in [7, 11) is 0. The van der Waals surface area contributed by atoms with E-state index in [4.69, 9.17) is 4.74 Å². The van der Waals surface area contributed by atoms with E-state index in [2.05, 4.69) is 9.72 Å². The van der Waals surface area contributed by atoms with Gasteiger partial charge in [0, 0.05) is 6.20 Å². The summed E-state index contributed by atoms with van der Waals surface area (Å²) in [5.74, 6) is -3.84. The minimum atomic E-state index is -5.22. The van der Waals surface area contributed by atoms with E-state index in [0.717, 1.165) is 6.92 Å². The lowest BCUT2D eigenvalue weighted by molar-refractivity contribution is -0.203. The van der Waals surface area contributed by atoms with Gasteiger partial charge in [0.2, 0.25) is 0 Å². The molecule has 0 saturated carbocycles. The van der Waals surface area contributed by atoms with E-state index >= 15 is 0 Å². The summed E-state index contributed by atoms with van der Waals surface area (Å²) >= 11 is 0. The van der Waals surface area contributed by atoms with Gasteiger partial charge in [0.1, 0.15) is 5.75 Å². The van der Waals surface area contributed by atoms with Crippen molar-refractivity contribution >= 4 is 11.9 Å². The Kier molecular flexibility index (Phi) is 4.24. The maximum absolute atomic E-state index is 11.8. The Morgan fingerprint density at radius 1 is 1.39 bits per heavy atom.